The van der Waals surface area contributed by atoms with E-state index >= 15 is 0 Å². The van der Waals surface area contributed by atoms with Crippen LogP contribution in [0.3, 0.4) is 0 Å². The Morgan fingerprint density at radius 2 is 2.04 bits per heavy atom. The number of anilines is 1. The van der Waals surface area contributed by atoms with Crippen LogP contribution in [-0.4, -0.2) is 41.0 Å². The molecule has 142 valence electrons. The van der Waals surface area contributed by atoms with E-state index in [1.165, 1.54) is 11.6 Å². The van der Waals surface area contributed by atoms with E-state index in [0.29, 0.717) is 24.3 Å². The van der Waals surface area contributed by atoms with Gasteiger partial charge in [-0.25, -0.2) is 4.98 Å². The molecule has 28 heavy (non-hydrogen) atoms. The van der Waals surface area contributed by atoms with E-state index in [9.17, 15) is 10.1 Å². The van der Waals surface area contributed by atoms with Crippen LogP contribution in [0.2, 0.25) is 0 Å². The summed E-state index contributed by atoms with van der Waals surface area (Å²) in [7, 11) is 0. The highest BCUT2D eigenvalue weighted by Gasteiger charge is 2.24. The Labute approximate surface area is 170 Å². The predicted molar refractivity (Wildman–Crippen MR) is 111 cm³/mol. The lowest BCUT2D eigenvalue weighted by Crippen LogP contribution is -2.46. The second-order valence-electron chi connectivity index (χ2n) is 6.49. The van der Waals surface area contributed by atoms with Crippen LogP contribution in [0.4, 0.5) is 11.4 Å². The molecule has 0 atom stereocenters. The molecule has 1 aliphatic rings. The smallest absolute Gasteiger partial charge is 0.293 e. The third-order valence-electron chi connectivity index (χ3n) is 4.72. The van der Waals surface area contributed by atoms with Crippen LogP contribution >= 0.6 is 22.7 Å². The molecular weight excluding hydrogens is 394 g/mol. The zero-order valence-corrected chi connectivity index (χ0v) is 16.6. The summed E-state index contributed by atoms with van der Waals surface area (Å²) in [6.07, 6.45) is 0. The first kappa shape index (κ1) is 18.6. The SMILES string of the molecule is N#Cc1ccc(N2CCN(Cc3csc(-c4ccsc4)n3)CC2)c([N+](=O)[O-])c1. The Balaban J connectivity index is 1.40. The monoisotopic (exact) mass is 411 g/mol. The fourth-order valence-electron chi connectivity index (χ4n) is 3.28. The molecule has 1 aromatic carbocycles. The maximum Gasteiger partial charge on any atom is 0.293 e. The number of hydrogen-bond acceptors (Lipinski definition) is 8. The van der Waals surface area contributed by atoms with Crippen molar-refractivity contribution in [2.24, 2.45) is 0 Å². The number of thiazole rings is 1. The van der Waals surface area contributed by atoms with E-state index in [1.807, 2.05) is 11.0 Å². The molecule has 1 fully saturated rings. The van der Waals surface area contributed by atoms with E-state index < -0.39 is 4.92 Å². The summed E-state index contributed by atoms with van der Waals surface area (Å²) < 4.78 is 0. The molecule has 0 N–H and O–H groups in total. The lowest BCUT2D eigenvalue weighted by Gasteiger charge is -2.35. The summed E-state index contributed by atoms with van der Waals surface area (Å²) in [5.74, 6) is 0. The Hall–Kier alpha value is -2.80. The largest absolute Gasteiger partial charge is 0.363 e. The van der Waals surface area contributed by atoms with Gasteiger partial charge in [-0.3, -0.25) is 15.0 Å². The molecule has 7 nitrogen and oxygen atoms in total. The van der Waals surface area contributed by atoms with E-state index in [4.69, 9.17) is 10.2 Å². The first-order valence-corrected chi connectivity index (χ1v) is 10.6. The molecule has 2 aromatic heterocycles. The second-order valence-corrected chi connectivity index (χ2v) is 8.13. The molecule has 1 saturated heterocycles. The summed E-state index contributed by atoms with van der Waals surface area (Å²) in [4.78, 5) is 20.0. The topological polar surface area (TPSA) is 86.3 Å². The van der Waals surface area contributed by atoms with Crippen molar-refractivity contribution < 1.29 is 4.92 Å². The average molecular weight is 412 g/mol. The Morgan fingerprint density at radius 1 is 1.21 bits per heavy atom. The van der Waals surface area contributed by atoms with Crippen molar-refractivity contribution in [1.82, 2.24) is 9.88 Å². The van der Waals surface area contributed by atoms with Gasteiger partial charge in [0.25, 0.3) is 5.69 Å². The first-order chi connectivity index (χ1) is 13.6. The van der Waals surface area contributed by atoms with Crippen LogP contribution in [0.1, 0.15) is 11.3 Å². The van der Waals surface area contributed by atoms with Crippen LogP contribution < -0.4 is 4.90 Å². The fraction of sp³-hybridized carbons (Fsp3) is 0.263. The van der Waals surface area contributed by atoms with Crippen molar-refractivity contribution in [1.29, 1.82) is 5.26 Å². The number of piperazine rings is 1. The molecule has 1 aliphatic heterocycles. The summed E-state index contributed by atoms with van der Waals surface area (Å²) in [5.41, 5.74) is 3.10. The van der Waals surface area contributed by atoms with Gasteiger partial charge in [-0.15, -0.1) is 11.3 Å². The Morgan fingerprint density at radius 3 is 2.71 bits per heavy atom. The second kappa shape index (κ2) is 8.06. The molecule has 9 heteroatoms. The standard InChI is InChI=1S/C19H17N5O2S2/c20-10-14-1-2-17(18(9-14)24(25)26)23-6-4-22(5-7-23)11-16-13-28-19(21-16)15-3-8-27-12-15/h1-3,8-9,12-13H,4-7,11H2. The van der Waals surface area contributed by atoms with E-state index in [2.05, 4.69) is 27.1 Å². The van der Waals surface area contributed by atoms with Gasteiger partial charge in [0.05, 0.1) is 22.2 Å². The Kier molecular flexibility index (Phi) is 5.34. The van der Waals surface area contributed by atoms with Gasteiger partial charge in [0.2, 0.25) is 0 Å². The number of nitrogens with zero attached hydrogens (tertiary/aromatic N) is 5. The van der Waals surface area contributed by atoms with Crippen LogP contribution in [-0.2, 0) is 6.54 Å². The zero-order chi connectivity index (χ0) is 19.5. The minimum atomic E-state index is -0.413. The third-order valence-corrected chi connectivity index (χ3v) is 6.34. The van der Waals surface area contributed by atoms with E-state index in [1.54, 1.807) is 34.8 Å². The van der Waals surface area contributed by atoms with Crippen molar-refractivity contribution in [3.63, 3.8) is 0 Å². The van der Waals surface area contributed by atoms with Gasteiger partial charge < -0.3 is 4.90 Å². The molecule has 0 saturated carbocycles. The fourth-order valence-corrected chi connectivity index (χ4v) is 4.80. The molecule has 0 spiro atoms. The molecule has 3 aromatic rings. The van der Waals surface area contributed by atoms with Gasteiger partial charge in [-0.05, 0) is 23.6 Å². The highest BCUT2D eigenvalue weighted by atomic mass is 32.1. The molecule has 0 unspecified atom stereocenters. The van der Waals surface area contributed by atoms with Crippen LogP contribution in [0.25, 0.3) is 10.6 Å². The molecule has 0 aliphatic carbocycles. The average Bonchev–Trinajstić information content (AvgIpc) is 3.40. The number of hydrogen-bond donors (Lipinski definition) is 0. The molecular formula is C19H17N5O2S2. The highest BCUT2D eigenvalue weighted by molar-refractivity contribution is 7.14. The summed E-state index contributed by atoms with van der Waals surface area (Å²) in [5, 5.41) is 27.7. The number of rotatable bonds is 5. The van der Waals surface area contributed by atoms with E-state index in [0.717, 1.165) is 30.3 Å². The lowest BCUT2D eigenvalue weighted by molar-refractivity contribution is -0.384. The minimum absolute atomic E-state index is 0.00703. The van der Waals surface area contributed by atoms with Gasteiger partial charge >= 0.3 is 0 Å². The van der Waals surface area contributed by atoms with Crippen molar-refractivity contribution in [2.75, 3.05) is 31.1 Å². The van der Waals surface area contributed by atoms with Crippen molar-refractivity contribution >= 4 is 34.0 Å². The highest BCUT2D eigenvalue weighted by Crippen LogP contribution is 2.30. The third kappa shape index (κ3) is 3.89. The molecule has 3 heterocycles. The van der Waals surface area contributed by atoms with E-state index in [-0.39, 0.29) is 5.69 Å². The lowest BCUT2D eigenvalue weighted by atomic mass is 10.1. The number of nitro benzene ring substituents is 1. The number of nitriles is 1. The molecule has 0 radical (unpaired) electrons. The van der Waals surface area contributed by atoms with Gasteiger partial charge in [-0.1, -0.05) is 0 Å². The maximum atomic E-state index is 11.4. The van der Waals surface area contributed by atoms with Crippen LogP contribution in [0, 0.1) is 21.4 Å². The quantitative estimate of drug-likeness (QED) is 0.466. The van der Waals surface area contributed by atoms with Crippen LogP contribution in [0.5, 0.6) is 0 Å². The van der Waals surface area contributed by atoms with Crippen molar-refractivity contribution in [3.8, 4) is 16.6 Å². The zero-order valence-electron chi connectivity index (χ0n) is 14.9. The minimum Gasteiger partial charge on any atom is -0.363 e. The van der Waals surface area contributed by atoms with Crippen LogP contribution in [0.15, 0.2) is 40.4 Å². The van der Waals surface area contributed by atoms with Gasteiger partial charge in [0.1, 0.15) is 10.7 Å². The molecule has 4 rings (SSSR count). The normalized spacial score (nSPS) is 14.8. The Bertz CT molecular complexity index is 1020. The first-order valence-electron chi connectivity index (χ1n) is 8.77. The molecule has 0 bridgehead atoms. The van der Waals surface area contributed by atoms with Crippen molar-refractivity contribution in [3.05, 3.63) is 61.8 Å². The summed E-state index contributed by atoms with van der Waals surface area (Å²) in [6, 6.07) is 8.71. The number of aromatic nitrogens is 1. The number of thiophene rings is 1. The summed E-state index contributed by atoms with van der Waals surface area (Å²) >= 11 is 3.33. The number of nitro groups is 1. The predicted octanol–water partition coefficient (Wildman–Crippen LogP) is 3.97. The van der Waals surface area contributed by atoms with Gasteiger partial charge in [0.15, 0.2) is 0 Å². The molecule has 0 amide bonds. The van der Waals surface area contributed by atoms with Crippen molar-refractivity contribution in [2.45, 2.75) is 6.54 Å². The number of benzene rings is 1. The maximum absolute atomic E-state index is 11.4. The van der Waals surface area contributed by atoms with Gasteiger partial charge in [-0.2, -0.15) is 16.6 Å². The van der Waals surface area contributed by atoms with Gasteiger partial charge in [0, 0.05) is 55.1 Å². The summed E-state index contributed by atoms with van der Waals surface area (Å²) in [6.45, 7) is 3.80.